The van der Waals surface area contributed by atoms with E-state index in [0.29, 0.717) is 5.56 Å². The minimum Gasteiger partial charge on any atom is -0.328 e. The van der Waals surface area contributed by atoms with Gasteiger partial charge in [0.2, 0.25) is 0 Å². The van der Waals surface area contributed by atoms with Gasteiger partial charge in [0.1, 0.15) is 5.82 Å². The highest BCUT2D eigenvalue weighted by Crippen LogP contribution is 2.22. The third-order valence-electron chi connectivity index (χ3n) is 2.05. The lowest BCUT2D eigenvalue weighted by atomic mass is 10.2. The lowest BCUT2D eigenvalue weighted by molar-refractivity contribution is 0.622. The van der Waals surface area contributed by atoms with Gasteiger partial charge in [-0.2, -0.15) is 0 Å². The minimum absolute atomic E-state index is 0.0876. The maximum atomic E-state index is 13.0. The molecule has 16 heavy (non-hydrogen) atoms. The van der Waals surface area contributed by atoms with Gasteiger partial charge in [0, 0.05) is 29.6 Å². The van der Waals surface area contributed by atoms with E-state index in [0.717, 1.165) is 17.1 Å². The number of halogens is 1. The van der Waals surface area contributed by atoms with Crippen molar-refractivity contribution in [2.24, 2.45) is 5.73 Å². The SMILES string of the molecule is CC(N)Cc1nc(-c2cncc(F)c2)cs1. The molecule has 0 aliphatic rings. The molecule has 2 aromatic heterocycles. The number of hydrogen-bond donors (Lipinski definition) is 1. The van der Waals surface area contributed by atoms with E-state index in [1.54, 1.807) is 6.20 Å². The molecule has 0 fully saturated rings. The standard InChI is InChI=1S/C11H12FN3S/c1-7(13)2-11-15-10(6-16-11)8-3-9(12)5-14-4-8/h3-7H,2,13H2,1H3. The molecule has 0 saturated carbocycles. The van der Waals surface area contributed by atoms with Crippen molar-refractivity contribution in [3.8, 4) is 11.3 Å². The molecule has 0 spiro atoms. The van der Waals surface area contributed by atoms with Crippen LogP contribution in [0.3, 0.4) is 0 Å². The van der Waals surface area contributed by atoms with E-state index < -0.39 is 0 Å². The lowest BCUT2D eigenvalue weighted by Crippen LogP contribution is -2.17. The van der Waals surface area contributed by atoms with Crippen LogP contribution in [0.2, 0.25) is 0 Å². The van der Waals surface area contributed by atoms with E-state index in [-0.39, 0.29) is 11.9 Å². The van der Waals surface area contributed by atoms with Gasteiger partial charge in [-0.3, -0.25) is 4.98 Å². The first-order valence-corrected chi connectivity index (χ1v) is 5.84. The molecular formula is C11H12FN3S. The average Bonchev–Trinajstić information content (AvgIpc) is 2.65. The second-order valence-corrected chi connectivity index (χ2v) is 4.64. The molecule has 0 bridgehead atoms. The van der Waals surface area contributed by atoms with Crippen molar-refractivity contribution < 1.29 is 4.39 Å². The summed E-state index contributed by atoms with van der Waals surface area (Å²) in [6.07, 6.45) is 3.53. The van der Waals surface area contributed by atoms with Crippen molar-refractivity contribution in [2.45, 2.75) is 19.4 Å². The number of nitrogens with zero attached hydrogens (tertiary/aromatic N) is 2. The first-order valence-electron chi connectivity index (χ1n) is 4.96. The minimum atomic E-state index is -0.348. The Morgan fingerprint density at radius 2 is 2.31 bits per heavy atom. The van der Waals surface area contributed by atoms with Crippen LogP contribution in [0.5, 0.6) is 0 Å². The van der Waals surface area contributed by atoms with Crippen molar-refractivity contribution in [1.82, 2.24) is 9.97 Å². The second-order valence-electron chi connectivity index (χ2n) is 3.70. The molecule has 1 unspecified atom stereocenters. The van der Waals surface area contributed by atoms with Gasteiger partial charge in [0.15, 0.2) is 0 Å². The molecule has 2 N–H and O–H groups in total. The van der Waals surface area contributed by atoms with E-state index in [9.17, 15) is 4.39 Å². The summed E-state index contributed by atoms with van der Waals surface area (Å²) in [7, 11) is 0. The molecule has 0 aromatic carbocycles. The summed E-state index contributed by atoms with van der Waals surface area (Å²) in [6.45, 7) is 1.94. The highest BCUT2D eigenvalue weighted by atomic mass is 32.1. The third-order valence-corrected chi connectivity index (χ3v) is 2.92. The Hall–Kier alpha value is -1.33. The third kappa shape index (κ3) is 2.62. The fourth-order valence-electron chi connectivity index (χ4n) is 1.36. The van der Waals surface area contributed by atoms with Crippen molar-refractivity contribution in [1.29, 1.82) is 0 Å². The molecule has 1 atom stereocenters. The van der Waals surface area contributed by atoms with Gasteiger partial charge in [-0.1, -0.05) is 0 Å². The van der Waals surface area contributed by atoms with E-state index >= 15 is 0 Å². The van der Waals surface area contributed by atoms with Crippen LogP contribution in [-0.4, -0.2) is 16.0 Å². The van der Waals surface area contributed by atoms with Crippen LogP contribution in [-0.2, 0) is 6.42 Å². The number of hydrogen-bond acceptors (Lipinski definition) is 4. The monoisotopic (exact) mass is 237 g/mol. The summed E-state index contributed by atoms with van der Waals surface area (Å²) in [4.78, 5) is 8.19. The molecule has 2 heterocycles. The van der Waals surface area contributed by atoms with Crippen molar-refractivity contribution in [2.75, 3.05) is 0 Å². The second kappa shape index (κ2) is 4.67. The number of pyridine rings is 1. The van der Waals surface area contributed by atoms with E-state index in [1.807, 2.05) is 12.3 Å². The molecule has 84 valence electrons. The van der Waals surface area contributed by atoms with Gasteiger partial charge in [0.05, 0.1) is 16.9 Å². The Labute approximate surface area is 97.2 Å². The molecule has 5 heteroatoms. The quantitative estimate of drug-likeness (QED) is 0.890. The van der Waals surface area contributed by atoms with Gasteiger partial charge in [-0.05, 0) is 13.0 Å². The molecular weight excluding hydrogens is 225 g/mol. The van der Waals surface area contributed by atoms with E-state index in [4.69, 9.17) is 5.73 Å². The summed E-state index contributed by atoms with van der Waals surface area (Å²) in [6, 6.07) is 1.52. The Morgan fingerprint density at radius 3 is 3.00 bits per heavy atom. The van der Waals surface area contributed by atoms with Gasteiger partial charge < -0.3 is 5.73 Å². The Balaban J connectivity index is 2.24. The predicted octanol–water partition coefficient (Wildman–Crippen LogP) is 2.23. The first kappa shape index (κ1) is 11.2. The van der Waals surface area contributed by atoms with E-state index in [2.05, 4.69) is 9.97 Å². The normalized spacial score (nSPS) is 12.7. The molecule has 0 amide bonds. The maximum absolute atomic E-state index is 13.0. The van der Waals surface area contributed by atoms with Gasteiger partial charge in [-0.25, -0.2) is 9.37 Å². The van der Waals surface area contributed by atoms with Crippen LogP contribution in [0, 0.1) is 5.82 Å². The molecule has 0 saturated heterocycles. The van der Waals surface area contributed by atoms with Crippen LogP contribution >= 0.6 is 11.3 Å². The number of aromatic nitrogens is 2. The molecule has 0 radical (unpaired) electrons. The lowest BCUT2D eigenvalue weighted by Gasteiger charge is -1.99. The van der Waals surface area contributed by atoms with Gasteiger partial charge in [-0.15, -0.1) is 11.3 Å². The number of thiazole rings is 1. The van der Waals surface area contributed by atoms with Crippen LogP contribution in [0.15, 0.2) is 23.8 Å². The van der Waals surface area contributed by atoms with Crippen LogP contribution in [0.4, 0.5) is 4.39 Å². The highest BCUT2D eigenvalue weighted by molar-refractivity contribution is 7.09. The molecule has 2 aromatic rings. The zero-order valence-corrected chi connectivity index (χ0v) is 9.67. The summed E-state index contributed by atoms with van der Waals surface area (Å²) < 4.78 is 13.0. The Bertz CT molecular complexity index is 482. The Kier molecular flexibility index (Phi) is 3.26. The zero-order chi connectivity index (χ0) is 11.5. The zero-order valence-electron chi connectivity index (χ0n) is 8.85. The summed E-state index contributed by atoms with van der Waals surface area (Å²) in [5.74, 6) is -0.348. The molecule has 0 aliphatic heterocycles. The smallest absolute Gasteiger partial charge is 0.142 e. The molecule has 0 aliphatic carbocycles. The van der Waals surface area contributed by atoms with Crippen LogP contribution in [0.25, 0.3) is 11.3 Å². The fourth-order valence-corrected chi connectivity index (χ4v) is 2.31. The summed E-state index contributed by atoms with van der Waals surface area (Å²) >= 11 is 1.54. The predicted molar refractivity (Wildman–Crippen MR) is 62.7 cm³/mol. The average molecular weight is 237 g/mol. The molecule has 2 rings (SSSR count). The van der Waals surface area contributed by atoms with Gasteiger partial charge >= 0.3 is 0 Å². The van der Waals surface area contributed by atoms with Gasteiger partial charge in [0.25, 0.3) is 0 Å². The fraction of sp³-hybridized carbons (Fsp3) is 0.273. The number of nitrogens with two attached hydrogens (primary N) is 1. The summed E-state index contributed by atoms with van der Waals surface area (Å²) in [5.41, 5.74) is 7.15. The van der Waals surface area contributed by atoms with Crippen LogP contribution in [0.1, 0.15) is 11.9 Å². The van der Waals surface area contributed by atoms with Crippen molar-refractivity contribution in [3.05, 3.63) is 34.7 Å². The molecule has 3 nitrogen and oxygen atoms in total. The number of rotatable bonds is 3. The van der Waals surface area contributed by atoms with Crippen LogP contribution < -0.4 is 5.73 Å². The first-order chi connectivity index (χ1) is 7.65. The van der Waals surface area contributed by atoms with E-state index in [1.165, 1.54) is 23.6 Å². The van der Waals surface area contributed by atoms with Crippen molar-refractivity contribution in [3.63, 3.8) is 0 Å². The van der Waals surface area contributed by atoms with Crippen molar-refractivity contribution >= 4 is 11.3 Å². The highest BCUT2D eigenvalue weighted by Gasteiger charge is 2.07. The topological polar surface area (TPSA) is 51.8 Å². The summed E-state index contributed by atoms with van der Waals surface area (Å²) in [5, 5.41) is 2.86. The Morgan fingerprint density at radius 1 is 1.50 bits per heavy atom. The largest absolute Gasteiger partial charge is 0.328 e. The maximum Gasteiger partial charge on any atom is 0.142 e.